The van der Waals surface area contributed by atoms with Gasteiger partial charge in [-0.3, -0.25) is 0 Å². The predicted octanol–water partition coefficient (Wildman–Crippen LogP) is 2.91. The average molecular weight is 267 g/mol. The van der Waals surface area contributed by atoms with E-state index < -0.39 is 0 Å². The summed E-state index contributed by atoms with van der Waals surface area (Å²) >= 11 is 0. The van der Waals surface area contributed by atoms with E-state index in [0.29, 0.717) is 11.7 Å². The summed E-state index contributed by atoms with van der Waals surface area (Å²) in [6, 6.07) is 5.29. The fourth-order valence-electron chi connectivity index (χ4n) is 2.67. The number of methoxy groups -OCH3 is 1. The highest BCUT2D eigenvalue weighted by Crippen LogP contribution is 2.31. The third-order valence-corrected chi connectivity index (χ3v) is 3.63. The van der Waals surface area contributed by atoms with Crippen molar-refractivity contribution >= 4 is 0 Å². The van der Waals surface area contributed by atoms with Crippen LogP contribution in [0.1, 0.15) is 31.4 Å². The zero-order chi connectivity index (χ0) is 13.7. The van der Waals surface area contributed by atoms with Crippen molar-refractivity contribution in [3.8, 4) is 5.75 Å². The molecule has 1 heterocycles. The van der Waals surface area contributed by atoms with Gasteiger partial charge in [0.2, 0.25) is 0 Å². The molecule has 0 amide bonds. The van der Waals surface area contributed by atoms with Crippen LogP contribution >= 0.6 is 0 Å². The summed E-state index contributed by atoms with van der Waals surface area (Å²) in [4.78, 5) is 0. The molecule has 0 spiro atoms. The minimum absolute atomic E-state index is 0.194. The third-order valence-electron chi connectivity index (χ3n) is 3.63. The standard InChI is InChI=1S/C15H22FNO2/c1-3-17-15(12-5-4-8-19-10-12)11-6-7-13(16)14(9-11)18-2/h6-7,9,12,15,17H,3-5,8,10H2,1-2H3. The fourth-order valence-corrected chi connectivity index (χ4v) is 2.67. The Morgan fingerprint density at radius 3 is 3.00 bits per heavy atom. The number of halogens is 1. The molecule has 0 aromatic heterocycles. The van der Waals surface area contributed by atoms with Crippen molar-refractivity contribution in [3.05, 3.63) is 29.6 Å². The van der Waals surface area contributed by atoms with E-state index in [9.17, 15) is 4.39 Å². The summed E-state index contributed by atoms with van der Waals surface area (Å²) in [7, 11) is 1.49. The maximum absolute atomic E-state index is 13.5. The second-order valence-corrected chi connectivity index (χ2v) is 4.91. The molecule has 1 fully saturated rings. The van der Waals surface area contributed by atoms with E-state index in [1.54, 1.807) is 6.07 Å². The van der Waals surface area contributed by atoms with Crippen molar-refractivity contribution < 1.29 is 13.9 Å². The van der Waals surface area contributed by atoms with Crippen LogP contribution in [0.2, 0.25) is 0 Å². The smallest absolute Gasteiger partial charge is 0.165 e. The molecule has 2 unspecified atom stereocenters. The van der Waals surface area contributed by atoms with Gasteiger partial charge in [-0.25, -0.2) is 4.39 Å². The van der Waals surface area contributed by atoms with Crippen LogP contribution in [0.3, 0.4) is 0 Å². The summed E-state index contributed by atoms with van der Waals surface area (Å²) < 4.78 is 24.1. The van der Waals surface area contributed by atoms with Crippen molar-refractivity contribution in [1.82, 2.24) is 5.32 Å². The first-order valence-electron chi connectivity index (χ1n) is 6.90. The number of rotatable bonds is 5. The molecule has 1 aliphatic rings. The molecule has 1 aromatic rings. The van der Waals surface area contributed by atoms with Gasteiger partial charge in [0.05, 0.1) is 13.7 Å². The number of hydrogen-bond acceptors (Lipinski definition) is 3. The SMILES string of the molecule is CCNC(c1ccc(F)c(OC)c1)C1CCCOC1. The lowest BCUT2D eigenvalue weighted by Crippen LogP contribution is -2.33. The maximum Gasteiger partial charge on any atom is 0.165 e. The van der Waals surface area contributed by atoms with Gasteiger partial charge in [0.15, 0.2) is 11.6 Å². The third kappa shape index (κ3) is 3.45. The number of hydrogen-bond donors (Lipinski definition) is 1. The van der Waals surface area contributed by atoms with Gasteiger partial charge >= 0.3 is 0 Å². The topological polar surface area (TPSA) is 30.5 Å². The van der Waals surface area contributed by atoms with Gasteiger partial charge in [-0.05, 0) is 37.1 Å². The zero-order valence-electron chi connectivity index (χ0n) is 11.6. The highest BCUT2D eigenvalue weighted by molar-refractivity contribution is 5.32. The average Bonchev–Trinajstić information content (AvgIpc) is 2.46. The van der Waals surface area contributed by atoms with Crippen LogP contribution in [0, 0.1) is 11.7 Å². The van der Waals surface area contributed by atoms with Crippen LogP contribution < -0.4 is 10.1 Å². The molecular weight excluding hydrogens is 245 g/mol. The molecule has 1 aliphatic heterocycles. The first-order chi connectivity index (χ1) is 9.26. The number of ether oxygens (including phenoxy) is 2. The van der Waals surface area contributed by atoms with Crippen LogP contribution in [-0.4, -0.2) is 26.9 Å². The Hall–Kier alpha value is -1.13. The number of nitrogens with one attached hydrogen (secondary N) is 1. The minimum Gasteiger partial charge on any atom is -0.494 e. The molecule has 4 heteroatoms. The van der Waals surface area contributed by atoms with Crippen LogP contribution in [-0.2, 0) is 4.74 Å². The number of benzene rings is 1. The van der Waals surface area contributed by atoms with Crippen LogP contribution in [0.15, 0.2) is 18.2 Å². The van der Waals surface area contributed by atoms with Crippen molar-refractivity contribution in [2.24, 2.45) is 5.92 Å². The molecule has 3 nitrogen and oxygen atoms in total. The zero-order valence-corrected chi connectivity index (χ0v) is 11.6. The Labute approximate surface area is 114 Å². The van der Waals surface area contributed by atoms with Gasteiger partial charge in [0.25, 0.3) is 0 Å². The lowest BCUT2D eigenvalue weighted by molar-refractivity contribution is 0.0392. The molecule has 1 N–H and O–H groups in total. The lowest BCUT2D eigenvalue weighted by Gasteiger charge is -2.31. The predicted molar refractivity (Wildman–Crippen MR) is 72.9 cm³/mol. The van der Waals surface area contributed by atoms with E-state index in [1.165, 1.54) is 13.2 Å². The molecule has 0 bridgehead atoms. The highest BCUT2D eigenvalue weighted by Gasteiger charge is 2.25. The summed E-state index contributed by atoms with van der Waals surface area (Å²) in [6.45, 7) is 4.57. The largest absolute Gasteiger partial charge is 0.494 e. The fraction of sp³-hybridized carbons (Fsp3) is 0.600. The Morgan fingerprint density at radius 2 is 2.37 bits per heavy atom. The Kier molecular flexibility index (Phi) is 5.16. The van der Waals surface area contributed by atoms with E-state index in [-0.39, 0.29) is 11.9 Å². The van der Waals surface area contributed by atoms with Crippen LogP contribution in [0.25, 0.3) is 0 Å². The quantitative estimate of drug-likeness (QED) is 0.889. The van der Waals surface area contributed by atoms with E-state index in [4.69, 9.17) is 9.47 Å². The Bertz CT molecular complexity index is 405. The van der Waals surface area contributed by atoms with Crippen molar-refractivity contribution in [1.29, 1.82) is 0 Å². The molecule has 0 radical (unpaired) electrons. The van der Waals surface area contributed by atoms with Gasteiger partial charge in [-0.2, -0.15) is 0 Å². The van der Waals surface area contributed by atoms with Gasteiger partial charge in [-0.1, -0.05) is 13.0 Å². The van der Waals surface area contributed by atoms with E-state index in [0.717, 1.165) is 38.2 Å². The molecule has 0 saturated carbocycles. The maximum atomic E-state index is 13.5. The van der Waals surface area contributed by atoms with E-state index in [2.05, 4.69) is 12.2 Å². The first-order valence-corrected chi connectivity index (χ1v) is 6.90. The van der Waals surface area contributed by atoms with E-state index >= 15 is 0 Å². The molecule has 19 heavy (non-hydrogen) atoms. The molecule has 1 saturated heterocycles. The second kappa shape index (κ2) is 6.87. The Balaban J connectivity index is 2.22. The summed E-state index contributed by atoms with van der Waals surface area (Å²) in [5.41, 5.74) is 1.07. The van der Waals surface area contributed by atoms with Gasteiger partial charge in [-0.15, -0.1) is 0 Å². The van der Waals surface area contributed by atoms with Crippen LogP contribution in [0.4, 0.5) is 4.39 Å². The molecule has 2 atom stereocenters. The summed E-state index contributed by atoms with van der Waals surface area (Å²) in [5, 5.41) is 3.48. The molecular formula is C15H22FNO2. The van der Waals surface area contributed by atoms with Crippen molar-refractivity contribution in [2.45, 2.75) is 25.8 Å². The van der Waals surface area contributed by atoms with Gasteiger partial charge in [0.1, 0.15) is 0 Å². The van der Waals surface area contributed by atoms with Crippen molar-refractivity contribution in [3.63, 3.8) is 0 Å². The van der Waals surface area contributed by atoms with Crippen LogP contribution in [0.5, 0.6) is 5.75 Å². The lowest BCUT2D eigenvalue weighted by atomic mass is 9.88. The molecule has 2 rings (SSSR count). The van der Waals surface area contributed by atoms with Gasteiger partial charge in [0, 0.05) is 18.6 Å². The highest BCUT2D eigenvalue weighted by atomic mass is 19.1. The first kappa shape index (κ1) is 14.3. The second-order valence-electron chi connectivity index (χ2n) is 4.91. The molecule has 0 aliphatic carbocycles. The monoisotopic (exact) mass is 267 g/mol. The molecule has 106 valence electrons. The van der Waals surface area contributed by atoms with E-state index in [1.807, 2.05) is 6.07 Å². The normalized spacial score (nSPS) is 21.1. The minimum atomic E-state index is -0.318. The van der Waals surface area contributed by atoms with Gasteiger partial charge < -0.3 is 14.8 Å². The molecule has 1 aromatic carbocycles. The summed E-state index contributed by atoms with van der Waals surface area (Å²) in [6.07, 6.45) is 2.22. The Morgan fingerprint density at radius 1 is 1.53 bits per heavy atom. The van der Waals surface area contributed by atoms with Crippen molar-refractivity contribution in [2.75, 3.05) is 26.9 Å². The summed E-state index contributed by atoms with van der Waals surface area (Å²) in [5.74, 6) is 0.419.